The molecule has 0 saturated carbocycles. The van der Waals surface area contributed by atoms with Crippen LogP contribution < -0.4 is 10.3 Å². The molecule has 0 aliphatic carbocycles. The molecule has 0 aliphatic rings. The maximum absolute atomic E-state index is 12.0. The Morgan fingerprint density at radius 3 is 2.61 bits per heavy atom. The molecule has 0 unspecified atom stereocenters. The summed E-state index contributed by atoms with van der Waals surface area (Å²) in [4.78, 5) is 14.0. The van der Waals surface area contributed by atoms with Gasteiger partial charge in [0.05, 0.1) is 17.5 Å². The van der Waals surface area contributed by atoms with E-state index in [9.17, 15) is 9.90 Å². The first-order chi connectivity index (χ1) is 10.9. The van der Waals surface area contributed by atoms with E-state index in [-0.39, 0.29) is 11.3 Å². The van der Waals surface area contributed by atoms with Crippen molar-refractivity contribution in [3.05, 3.63) is 56.5 Å². The average Bonchev–Trinajstić information content (AvgIpc) is 2.49. The summed E-state index contributed by atoms with van der Waals surface area (Å²) in [6, 6.07) is 10.4. The van der Waals surface area contributed by atoms with Crippen LogP contribution in [0.3, 0.4) is 0 Å². The van der Waals surface area contributed by atoms with Gasteiger partial charge < -0.3 is 10.0 Å². The van der Waals surface area contributed by atoms with Gasteiger partial charge in [-0.05, 0) is 51.8 Å². The number of halogens is 2. The number of phenolic OH excluding ortho intramolecular Hbond substituents is 1. The lowest BCUT2D eigenvalue weighted by Gasteiger charge is -2.14. The van der Waals surface area contributed by atoms with Gasteiger partial charge in [-0.15, -0.1) is 0 Å². The van der Waals surface area contributed by atoms with E-state index in [1.54, 1.807) is 6.07 Å². The Hall–Kier alpha value is -1.86. The minimum Gasteiger partial charge on any atom is -0.507 e. The number of nitrogens with zero attached hydrogens (tertiary/aromatic N) is 2. The highest BCUT2D eigenvalue weighted by Gasteiger charge is 2.10. The average molecular weight is 441 g/mol. The van der Waals surface area contributed by atoms with Gasteiger partial charge in [-0.1, -0.05) is 22.0 Å². The molecule has 120 valence electrons. The third kappa shape index (κ3) is 4.56. The molecule has 7 heteroatoms. The monoisotopic (exact) mass is 439 g/mol. The lowest BCUT2D eigenvalue weighted by Crippen LogP contribution is -2.17. The molecule has 5 nitrogen and oxygen atoms in total. The van der Waals surface area contributed by atoms with Gasteiger partial charge in [0.25, 0.3) is 5.91 Å². The Balaban J connectivity index is 2.08. The first kappa shape index (κ1) is 17.5. The van der Waals surface area contributed by atoms with Gasteiger partial charge in [0.2, 0.25) is 0 Å². The second-order valence-corrected chi connectivity index (χ2v) is 6.74. The summed E-state index contributed by atoms with van der Waals surface area (Å²) in [6.45, 7) is 0. The Kier molecular flexibility index (Phi) is 5.79. The van der Waals surface area contributed by atoms with Gasteiger partial charge in [-0.25, -0.2) is 5.43 Å². The summed E-state index contributed by atoms with van der Waals surface area (Å²) in [5, 5.41) is 13.6. The zero-order valence-electron chi connectivity index (χ0n) is 12.5. The highest BCUT2D eigenvalue weighted by molar-refractivity contribution is 9.10. The fourth-order valence-corrected chi connectivity index (χ4v) is 2.99. The molecule has 2 N–H and O–H groups in total. The summed E-state index contributed by atoms with van der Waals surface area (Å²) in [6.07, 6.45) is 1.54. The standard InChI is InChI=1S/C16H15Br2N3O2/c1-21(2)14-5-3-10(7-13(14)18)9-19-20-16(23)12-8-11(17)4-6-15(12)22/h3-9,22H,1-2H3,(H,20,23)/b19-9-. The number of phenols is 1. The zero-order chi connectivity index (χ0) is 17.0. The molecule has 0 bridgehead atoms. The van der Waals surface area contributed by atoms with Crippen LogP contribution in [-0.2, 0) is 0 Å². The fourth-order valence-electron chi connectivity index (χ4n) is 1.88. The maximum atomic E-state index is 12.0. The number of aromatic hydroxyl groups is 1. The largest absolute Gasteiger partial charge is 0.507 e. The molecule has 23 heavy (non-hydrogen) atoms. The summed E-state index contributed by atoms with van der Waals surface area (Å²) in [5.74, 6) is -0.581. The lowest BCUT2D eigenvalue weighted by molar-refractivity contribution is 0.0952. The van der Waals surface area contributed by atoms with E-state index in [1.165, 1.54) is 18.3 Å². The molecular weight excluding hydrogens is 426 g/mol. The SMILES string of the molecule is CN(C)c1ccc(/C=N\NC(=O)c2cc(Br)ccc2O)cc1Br. The fraction of sp³-hybridized carbons (Fsp3) is 0.125. The van der Waals surface area contributed by atoms with Crippen LogP contribution in [0.1, 0.15) is 15.9 Å². The Bertz CT molecular complexity index is 761. The van der Waals surface area contributed by atoms with Gasteiger partial charge in [0.1, 0.15) is 5.75 Å². The second kappa shape index (κ2) is 7.61. The van der Waals surface area contributed by atoms with E-state index >= 15 is 0 Å². The van der Waals surface area contributed by atoms with E-state index in [1.807, 2.05) is 37.2 Å². The highest BCUT2D eigenvalue weighted by atomic mass is 79.9. The summed E-state index contributed by atoms with van der Waals surface area (Å²) in [5.41, 5.74) is 4.43. The predicted molar refractivity (Wildman–Crippen MR) is 99.3 cm³/mol. The van der Waals surface area contributed by atoms with Crippen LogP contribution in [0, 0.1) is 0 Å². The number of benzene rings is 2. The van der Waals surface area contributed by atoms with Crippen LogP contribution in [0.5, 0.6) is 5.75 Å². The number of rotatable bonds is 4. The zero-order valence-corrected chi connectivity index (χ0v) is 15.7. The summed E-state index contributed by atoms with van der Waals surface area (Å²) in [7, 11) is 3.91. The van der Waals surface area contributed by atoms with Crippen molar-refractivity contribution in [2.24, 2.45) is 5.10 Å². The molecule has 2 rings (SSSR count). The van der Waals surface area contributed by atoms with E-state index in [2.05, 4.69) is 42.4 Å². The topological polar surface area (TPSA) is 64.9 Å². The van der Waals surface area contributed by atoms with Crippen molar-refractivity contribution >= 4 is 49.7 Å². The number of hydrogen-bond donors (Lipinski definition) is 2. The molecule has 1 amide bonds. The van der Waals surface area contributed by atoms with E-state index < -0.39 is 5.91 Å². The van der Waals surface area contributed by atoms with Crippen LogP contribution in [0.2, 0.25) is 0 Å². The van der Waals surface area contributed by atoms with Crippen molar-refractivity contribution < 1.29 is 9.90 Å². The highest BCUT2D eigenvalue weighted by Crippen LogP contribution is 2.25. The molecule has 0 heterocycles. The number of nitrogens with one attached hydrogen (secondary N) is 1. The van der Waals surface area contributed by atoms with Crippen LogP contribution >= 0.6 is 31.9 Å². The van der Waals surface area contributed by atoms with Crippen LogP contribution in [-0.4, -0.2) is 31.3 Å². The Morgan fingerprint density at radius 1 is 1.22 bits per heavy atom. The second-order valence-electron chi connectivity index (χ2n) is 4.97. The Labute approximate surface area is 151 Å². The van der Waals surface area contributed by atoms with Gasteiger partial charge in [-0.2, -0.15) is 5.10 Å². The van der Waals surface area contributed by atoms with Crippen LogP contribution in [0.15, 0.2) is 50.4 Å². The van der Waals surface area contributed by atoms with Gasteiger partial charge in [-0.3, -0.25) is 4.79 Å². The first-order valence-corrected chi connectivity index (χ1v) is 8.26. The molecule has 2 aromatic rings. The molecule has 0 saturated heterocycles. The number of anilines is 1. The number of carbonyl (C=O) groups excluding carboxylic acids is 1. The van der Waals surface area contributed by atoms with Gasteiger partial charge in [0.15, 0.2) is 0 Å². The smallest absolute Gasteiger partial charge is 0.275 e. The third-order valence-corrected chi connectivity index (χ3v) is 4.16. The number of hydrogen-bond acceptors (Lipinski definition) is 4. The normalized spacial score (nSPS) is 10.8. The van der Waals surface area contributed by atoms with Crippen molar-refractivity contribution in [3.8, 4) is 5.75 Å². The van der Waals surface area contributed by atoms with Crippen molar-refractivity contribution in [2.45, 2.75) is 0 Å². The maximum Gasteiger partial charge on any atom is 0.275 e. The van der Waals surface area contributed by atoms with Crippen molar-refractivity contribution in [3.63, 3.8) is 0 Å². The molecule has 2 aromatic carbocycles. The van der Waals surface area contributed by atoms with Crippen LogP contribution in [0.4, 0.5) is 5.69 Å². The van der Waals surface area contributed by atoms with E-state index in [0.29, 0.717) is 4.47 Å². The predicted octanol–water partition coefficient (Wildman–Crippen LogP) is 3.75. The minimum absolute atomic E-state index is 0.0982. The molecule has 0 fully saturated rings. The summed E-state index contributed by atoms with van der Waals surface area (Å²) >= 11 is 6.75. The molecule has 0 aliphatic heterocycles. The number of amides is 1. The van der Waals surface area contributed by atoms with Crippen LogP contribution in [0.25, 0.3) is 0 Å². The van der Waals surface area contributed by atoms with Crippen molar-refractivity contribution in [1.29, 1.82) is 0 Å². The Morgan fingerprint density at radius 2 is 1.96 bits per heavy atom. The number of carbonyl (C=O) groups is 1. The van der Waals surface area contributed by atoms with E-state index in [4.69, 9.17) is 0 Å². The molecule has 0 atom stereocenters. The van der Waals surface area contributed by atoms with E-state index in [0.717, 1.165) is 15.7 Å². The lowest BCUT2D eigenvalue weighted by atomic mass is 10.2. The minimum atomic E-state index is -0.482. The molecular formula is C16H15Br2N3O2. The molecule has 0 radical (unpaired) electrons. The molecule has 0 aromatic heterocycles. The van der Waals surface area contributed by atoms with Crippen molar-refractivity contribution in [1.82, 2.24) is 5.43 Å². The quantitative estimate of drug-likeness (QED) is 0.562. The van der Waals surface area contributed by atoms with Gasteiger partial charge >= 0.3 is 0 Å². The first-order valence-electron chi connectivity index (χ1n) is 6.67. The number of hydrazone groups is 1. The van der Waals surface area contributed by atoms with Crippen molar-refractivity contribution in [2.75, 3.05) is 19.0 Å². The third-order valence-electron chi connectivity index (χ3n) is 3.04. The molecule has 0 spiro atoms. The summed E-state index contributed by atoms with van der Waals surface area (Å²) < 4.78 is 1.63. The van der Waals surface area contributed by atoms with Gasteiger partial charge in [0, 0.05) is 23.0 Å².